The van der Waals surface area contributed by atoms with Gasteiger partial charge < -0.3 is 24.4 Å². The van der Waals surface area contributed by atoms with Crippen LogP contribution in [0.3, 0.4) is 0 Å². The fourth-order valence-corrected chi connectivity index (χ4v) is 3.22. The van der Waals surface area contributed by atoms with Crippen LogP contribution >= 0.6 is 0 Å². The summed E-state index contributed by atoms with van der Waals surface area (Å²) in [7, 11) is 5.19. The van der Waals surface area contributed by atoms with Crippen molar-refractivity contribution in [3.05, 3.63) is 78.4 Å². The van der Waals surface area contributed by atoms with E-state index < -0.39 is 0 Å². The maximum Gasteiger partial charge on any atom is 0.279 e. The van der Waals surface area contributed by atoms with Crippen LogP contribution in [0.15, 0.2) is 72.8 Å². The van der Waals surface area contributed by atoms with Crippen LogP contribution in [0.2, 0.25) is 0 Å². The van der Waals surface area contributed by atoms with E-state index in [0.29, 0.717) is 41.8 Å². The summed E-state index contributed by atoms with van der Waals surface area (Å²) in [5, 5.41) is 2.96. The second-order valence-electron chi connectivity index (χ2n) is 6.92. The van der Waals surface area contributed by atoms with E-state index in [4.69, 9.17) is 14.2 Å². The fraction of sp³-hybridized carbons (Fsp3) is 0.208. The lowest BCUT2D eigenvalue weighted by atomic mass is 10.1. The number of hydrogen-bond donors (Lipinski definition) is 2. The van der Waals surface area contributed by atoms with Crippen LogP contribution in [-0.4, -0.2) is 33.7 Å². The van der Waals surface area contributed by atoms with Crippen molar-refractivity contribution < 1.29 is 23.9 Å². The van der Waals surface area contributed by atoms with E-state index in [2.05, 4.69) is 5.32 Å². The number of ether oxygens (including phenoxy) is 3. The predicted octanol–water partition coefficient (Wildman–Crippen LogP) is 3.15. The van der Waals surface area contributed by atoms with Crippen molar-refractivity contribution in [3.63, 3.8) is 0 Å². The molecule has 0 aliphatic heterocycles. The first-order valence-corrected chi connectivity index (χ1v) is 9.73. The van der Waals surface area contributed by atoms with Crippen molar-refractivity contribution in [1.29, 1.82) is 0 Å². The van der Waals surface area contributed by atoms with E-state index in [1.165, 1.54) is 0 Å². The first-order valence-electron chi connectivity index (χ1n) is 9.73. The highest BCUT2D eigenvalue weighted by atomic mass is 16.5. The number of nitrogens with one attached hydrogen (secondary N) is 2. The first-order chi connectivity index (χ1) is 14.6. The Bertz CT molecular complexity index is 976. The monoisotopic (exact) mass is 407 g/mol. The molecule has 3 aromatic rings. The number of anilines is 1. The highest BCUT2D eigenvalue weighted by molar-refractivity contribution is 5.93. The summed E-state index contributed by atoms with van der Waals surface area (Å²) in [5.74, 6) is 2.59. The van der Waals surface area contributed by atoms with Crippen LogP contribution in [-0.2, 0) is 11.3 Å². The number of quaternary nitrogens is 1. The Morgan fingerprint density at radius 1 is 0.867 bits per heavy atom. The summed E-state index contributed by atoms with van der Waals surface area (Å²) in [6.45, 7) is 0.913. The van der Waals surface area contributed by atoms with E-state index in [9.17, 15) is 4.79 Å². The molecule has 0 aromatic heterocycles. The molecular weight excluding hydrogens is 380 g/mol. The molecule has 0 fully saturated rings. The minimum Gasteiger partial charge on any atom is -0.493 e. The minimum atomic E-state index is -0.0986. The molecule has 0 saturated heterocycles. The molecule has 3 aromatic carbocycles. The molecule has 1 amide bonds. The number of carbonyl (C=O) groups excluding carboxylic acids is 1. The topological polar surface area (TPSA) is 61.2 Å². The van der Waals surface area contributed by atoms with Crippen molar-refractivity contribution in [2.24, 2.45) is 0 Å². The van der Waals surface area contributed by atoms with Crippen LogP contribution in [0, 0.1) is 0 Å². The molecule has 1 unspecified atom stereocenters. The van der Waals surface area contributed by atoms with Gasteiger partial charge in [-0.1, -0.05) is 36.4 Å². The summed E-state index contributed by atoms with van der Waals surface area (Å²) < 4.78 is 16.8. The average Bonchev–Trinajstić information content (AvgIpc) is 2.75. The Morgan fingerprint density at radius 3 is 2.30 bits per heavy atom. The summed E-state index contributed by atoms with van der Waals surface area (Å²) in [4.78, 5) is 13.7. The highest BCUT2D eigenvalue weighted by Crippen LogP contribution is 2.30. The van der Waals surface area contributed by atoms with Gasteiger partial charge in [0, 0.05) is 0 Å². The van der Waals surface area contributed by atoms with Crippen LogP contribution in [0.5, 0.6) is 23.0 Å². The molecule has 0 spiro atoms. The molecule has 3 rings (SSSR count). The van der Waals surface area contributed by atoms with Crippen molar-refractivity contribution in [3.8, 4) is 23.0 Å². The van der Waals surface area contributed by atoms with E-state index in [-0.39, 0.29) is 5.91 Å². The second-order valence-corrected chi connectivity index (χ2v) is 6.92. The number of carbonyl (C=O) groups is 1. The molecule has 1 atom stereocenters. The molecule has 0 aliphatic rings. The lowest BCUT2D eigenvalue weighted by molar-refractivity contribution is -0.885. The van der Waals surface area contributed by atoms with Crippen LogP contribution in [0.1, 0.15) is 5.56 Å². The molecule has 0 bridgehead atoms. The number of para-hydroxylation sites is 4. The molecule has 6 heteroatoms. The molecule has 0 heterocycles. The summed E-state index contributed by atoms with van der Waals surface area (Å²) in [6.07, 6.45) is 0. The molecule has 30 heavy (non-hydrogen) atoms. The number of likely N-dealkylation sites (N-methyl/N-ethyl adjacent to an activating group) is 1. The molecule has 0 saturated carbocycles. The number of hydrogen-bond acceptors (Lipinski definition) is 4. The molecule has 2 N–H and O–H groups in total. The van der Waals surface area contributed by atoms with Gasteiger partial charge in [0.05, 0.1) is 32.5 Å². The van der Waals surface area contributed by atoms with Gasteiger partial charge in [0.25, 0.3) is 5.91 Å². The Hall–Kier alpha value is -3.51. The van der Waals surface area contributed by atoms with Gasteiger partial charge in [0.15, 0.2) is 23.8 Å². The standard InChI is InChI=1S/C24H26N2O4/c1-26(16-18-10-9-15-22(28-2)24(18)29-3)17-23(27)25-20-13-7-8-14-21(20)30-19-11-5-4-6-12-19/h4-15H,16-17H2,1-3H3,(H,25,27)/p+1. The molecule has 0 aliphatic carbocycles. The lowest BCUT2D eigenvalue weighted by Gasteiger charge is -2.18. The van der Waals surface area contributed by atoms with E-state index in [0.717, 1.165) is 10.5 Å². The van der Waals surface area contributed by atoms with Crippen LogP contribution in [0.4, 0.5) is 5.69 Å². The Kier molecular flexibility index (Phi) is 7.29. The number of rotatable bonds is 9. The number of amides is 1. The molecule has 156 valence electrons. The van der Waals surface area contributed by atoms with Gasteiger partial charge in [-0.15, -0.1) is 0 Å². The second kappa shape index (κ2) is 10.3. The van der Waals surface area contributed by atoms with Crippen molar-refractivity contribution >= 4 is 11.6 Å². The highest BCUT2D eigenvalue weighted by Gasteiger charge is 2.17. The lowest BCUT2D eigenvalue weighted by Crippen LogP contribution is -3.08. The number of methoxy groups -OCH3 is 2. The average molecular weight is 407 g/mol. The van der Waals surface area contributed by atoms with Gasteiger partial charge in [-0.2, -0.15) is 0 Å². The Morgan fingerprint density at radius 2 is 1.57 bits per heavy atom. The van der Waals surface area contributed by atoms with E-state index in [1.54, 1.807) is 14.2 Å². The van der Waals surface area contributed by atoms with Gasteiger partial charge in [-0.3, -0.25) is 4.79 Å². The zero-order chi connectivity index (χ0) is 21.3. The zero-order valence-electron chi connectivity index (χ0n) is 17.5. The maximum absolute atomic E-state index is 12.7. The van der Waals surface area contributed by atoms with Crippen LogP contribution in [0.25, 0.3) is 0 Å². The maximum atomic E-state index is 12.7. The van der Waals surface area contributed by atoms with Crippen molar-refractivity contribution in [2.75, 3.05) is 33.1 Å². The fourth-order valence-electron chi connectivity index (χ4n) is 3.22. The van der Waals surface area contributed by atoms with E-state index in [1.807, 2.05) is 79.8 Å². The third kappa shape index (κ3) is 5.52. The summed E-state index contributed by atoms with van der Waals surface area (Å²) in [5.41, 5.74) is 1.62. The zero-order valence-corrected chi connectivity index (χ0v) is 17.5. The smallest absolute Gasteiger partial charge is 0.279 e. The Balaban J connectivity index is 1.64. The first kappa shape index (κ1) is 21.2. The van der Waals surface area contributed by atoms with Gasteiger partial charge in [0.2, 0.25) is 0 Å². The summed E-state index contributed by atoms with van der Waals surface area (Å²) in [6, 6.07) is 22.6. The predicted molar refractivity (Wildman–Crippen MR) is 117 cm³/mol. The van der Waals surface area contributed by atoms with Gasteiger partial charge in [0.1, 0.15) is 12.3 Å². The summed E-state index contributed by atoms with van der Waals surface area (Å²) >= 11 is 0. The van der Waals surface area contributed by atoms with Gasteiger partial charge >= 0.3 is 0 Å². The number of benzene rings is 3. The van der Waals surface area contributed by atoms with E-state index >= 15 is 0 Å². The minimum absolute atomic E-state index is 0.0986. The van der Waals surface area contributed by atoms with Crippen molar-refractivity contribution in [1.82, 2.24) is 0 Å². The Labute approximate surface area is 177 Å². The SMILES string of the molecule is COc1cccc(C[NH+](C)CC(=O)Nc2ccccc2Oc2ccccc2)c1OC. The third-order valence-electron chi connectivity index (χ3n) is 4.57. The van der Waals surface area contributed by atoms with Crippen LogP contribution < -0.4 is 24.4 Å². The van der Waals surface area contributed by atoms with Crippen molar-refractivity contribution in [2.45, 2.75) is 6.54 Å². The van der Waals surface area contributed by atoms with Gasteiger partial charge in [-0.25, -0.2) is 0 Å². The molecule has 0 radical (unpaired) electrons. The quantitative estimate of drug-likeness (QED) is 0.572. The third-order valence-corrected chi connectivity index (χ3v) is 4.57. The molecular formula is C24H27N2O4+. The largest absolute Gasteiger partial charge is 0.493 e. The van der Waals surface area contributed by atoms with Gasteiger partial charge in [-0.05, 0) is 36.4 Å². The normalized spacial score (nSPS) is 11.4. The molecule has 6 nitrogen and oxygen atoms in total.